The van der Waals surface area contributed by atoms with E-state index in [9.17, 15) is 14.9 Å². The molecule has 20 heavy (non-hydrogen) atoms. The largest absolute Gasteiger partial charge is 0.325 e. The van der Waals surface area contributed by atoms with Crippen LogP contribution in [0.4, 0.5) is 11.4 Å². The number of hydrogen-bond acceptors (Lipinski definition) is 5. The number of nitrogens with one attached hydrogen (secondary N) is 3. The highest BCUT2D eigenvalue weighted by atomic mass is 16.6. The van der Waals surface area contributed by atoms with Gasteiger partial charge < -0.3 is 16.0 Å². The number of amides is 1. The van der Waals surface area contributed by atoms with Crippen molar-refractivity contribution in [1.82, 2.24) is 10.6 Å². The van der Waals surface area contributed by atoms with E-state index >= 15 is 0 Å². The number of carbonyl (C=O) groups is 1. The normalized spacial score (nSPS) is 21.6. The van der Waals surface area contributed by atoms with Crippen molar-refractivity contribution in [3.05, 3.63) is 34.4 Å². The van der Waals surface area contributed by atoms with Crippen LogP contribution in [0.1, 0.15) is 13.3 Å². The standard InChI is InChI=1S/C13H18N4O3/c1-13(6-7-14-9-13)15-8-12(18)16-10-2-4-11(5-3-10)17(19)20/h2-5,14-15H,6-9H2,1H3,(H,16,18). The van der Waals surface area contributed by atoms with Crippen molar-refractivity contribution in [1.29, 1.82) is 0 Å². The summed E-state index contributed by atoms with van der Waals surface area (Å²) in [5, 5.41) is 19.7. The summed E-state index contributed by atoms with van der Waals surface area (Å²) in [6, 6.07) is 5.78. The average Bonchev–Trinajstić information content (AvgIpc) is 2.85. The van der Waals surface area contributed by atoms with Gasteiger partial charge in [0.1, 0.15) is 0 Å². The second-order valence-corrected chi connectivity index (χ2v) is 5.19. The van der Waals surface area contributed by atoms with Gasteiger partial charge in [-0.05, 0) is 32.0 Å². The number of carbonyl (C=O) groups excluding carboxylic acids is 1. The first kappa shape index (κ1) is 14.4. The molecule has 1 amide bonds. The lowest BCUT2D eigenvalue weighted by molar-refractivity contribution is -0.384. The van der Waals surface area contributed by atoms with E-state index in [4.69, 9.17) is 0 Å². The first-order valence-corrected chi connectivity index (χ1v) is 6.49. The number of nitro groups is 1. The van der Waals surface area contributed by atoms with E-state index in [2.05, 4.69) is 22.9 Å². The Kier molecular flexibility index (Phi) is 4.31. The van der Waals surface area contributed by atoms with Crippen LogP contribution in [0.25, 0.3) is 0 Å². The topological polar surface area (TPSA) is 96.3 Å². The van der Waals surface area contributed by atoms with Crippen LogP contribution in [0, 0.1) is 10.1 Å². The third-order valence-corrected chi connectivity index (χ3v) is 3.41. The molecular formula is C13H18N4O3. The molecule has 1 aliphatic rings. The quantitative estimate of drug-likeness (QED) is 0.548. The third-order valence-electron chi connectivity index (χ3n) is 3.41. The summed E-state index contributed by atoms with van der Waals surface area (Å²) in [5.41, 5.74) is 0.509. The molecule has 1 aromatic rings. The summed E-state index contributed by atoms with van der Waals surface area (Å²) in [6.07, 6.45) is 0.984. The van der Waals surface area contributed by atoms with E-state index in [0.717, 1.165) is 19.5 Å². The minimum atomic E-state index is -0.471. The second-order valence-electron chi connectivity index (χ2n) is 5.19. The molecular weight excluding hydrogens is 260 g/mol. The van der Waals surface area contributed by atoms with Crippen LogP contribution < -0.4 is 16.0 Å². The Bertz CT molecular complexity index is 495. The Morgan fingerprint density at radius 3 is 2.70 bits per heavy atom. The van der Waals surface area contributed by atoms with E-state index < -0.39 is 4.92 Å². The Balaban J connectivity index is 1.83. The Morgan fingerprint density at radius 1 is 1.45 bits per heavy atom. The van der Waals surface area contributed by atoms with Crippen molar-refractivity contribution < 1.29 is 9.72 Å². The SMILES string of the molecule is CC1(NCC(=O)Nc2ccc([N+](=O)[O-])cc2)CCNC1. The molecule has 1 atom stereocenters. The zero-order valence-electron chi connectivity index (χ0n) is 11.3. The maximum absolute atomic E-state index is 11.8. The number of rotatable bonds is 5. The van der Waals surface area contributed by atoms with Crippen LogP contribution in [0.3, 0.4) is 0 Å². The monoisotopic (exact) mass is 278 g/mol. The molecule has 1 aromatic carbocycles. The summed E-state index contributed by atoms with van der Waals surface area (Å²) in [6.45, 7) is 4.09. The molecule has 7 nitrogen and oxygen atoms in total. The van der Waals surface area contributed by atoms with Crippen LogP contribution in [0.15, 0.2) is 24.3 Å². The summed E-state index contributed by atoms with van der Waals surface area (Å²) in [4.78, 5) is 21.9. The van der Waals surface area contributed by atoms with Gasteiger partial charge in [0.15, 0.2) is 0 Å². The van der Waals surface area contributed by atoms with Gasteiger partial charge in [-0.2, -0.15) is 0 Å². The van der Waals surface area contributed by atoms with E-state index in [-0.39, 0.29) is 23.7 Å². The van der Waals surface area contributed by atoms with Gasteiger partial charge in [-0.1, -0.05) is 0 Å². The van der Waals surface area contributed by atoms with Gasteiger partial charge in [0.2, 0.25) is 5.91 Å². The first-order valence-electron chi connectivity index (χ1n) is 6.49. The van der Waals surface area contributed by atoms with Crippen LogP contribution in [-0.2, 0) is 4.79 Å². The number of benzene rings is 1. The molecule has 0 bridgehead atoms. The predicted octanol–water partition coefficient (Wildman–Crippen LogP) is 0.875. The fraction of sp³-hybridized carbons (Fsp3) is 0.462. The van der Waals surface area contributed by atoms with Gasteiger partial charge in [0.25, 0.3) is 5.69 Å². The third kappa shape index (κ3) is 3.75. The highest BCUT2D eigenvalue weighted by Gasteiger charge is 2.28. The molecule has 0 aliphatic carbocycles. The van der Waals surface area contributed by atoms with Gasteiger partial charge in [-0.3, -0.25) is 14.9 Å². The molecule has 3 N–H and O–H groups in total. The van der Waals surface area contributed by atoms with Crippen LogP contribution in [0.5, 0.6) is 0 Å². The first-order chi connectivity index (χ1) is 9.48. The molecule has 0 spiro atoms. The molecule has 1 unspecified atom stereocenters. The molecule has 0 radical (unpaired) electrons. The van der Waals surface area contributed by atoms with Gasteiger partial charge in [-0.25, -0.2) is 0 Å². The number of non-ortho nitro benzene ring substituents is 1. The Hall–Kier alpha value is -1.99. The maximum atomic E-state index is 11.8. The predicted molar refractivity (Wildman–Crippen MR) is 75.6 cm³/mol. The van der Waals surface area contributed by atoms with Crippen molar-refractivity contribution in [2.75, 3.05) is 25.0 Å². The van der Waals surface area contributed by atoms with Crippen LogP contribution >= 0.6 is 0 Å². The Morgan fingerprint density at radius 2 is 2.15 bits per heavy atom. The smallest absolute Gasteiger partial charge is 0.269 e. The number of nitrogens with zero attached hydrogens (tertiary/aromatic N) is 1. The molecule has 1 aliphatic heterocycles. The van der Waals surface area contributed by atoms with Crippen LogP contribution in [0.2, 0.25) is 0 Å². The van der Waals surface area contributed by atoms with Crippen LogP contribution in [-0.4, -0.2) is 36.0 Å². The highest BCUT2D eigenvalue weighted by molar-refractivity contribution is 5.92. The summed E-state index contributed by atoms with van der Waals surface area (Å²) in [7, 11) is 0. The lowest BCUT2D eigenvalue weighted by atomic mass is 10.0. The molecule has 1 heterocycles. The zero-order valence-corrected chi connectivity index (χ0v) is 11.3. The van der Waals surface area contributed by atoms with Gasteiger partial charge in [0.05, 0.1) is 11.5 Å². The number of nitro benzene ring substituents is 1. The second kappa shape index (κ2) is 5.98. The lowest BCUT2D eigenvalue weighted by Crippen LogP contribution is -2.47. The van der Waals surface area contributed by atoms with E-state index in [0.29, 0.717) is 5.69 Å². The minimum Gasteiger partial charge on any atom is -0.325 e. The van der Waals surface area contributed by atoms with Crippen molar-refractivity contribution in [2.24, 2.45) is 0 Å². The summed E-state index contributed by atoms with van der Waals surface area (Å²) >= 11 is 0. The molecule has 0 saturated carbocycles. The fourth-order valence-electron chi connectivity index (χ4n) is 2.13. The summed E-state index contributed by atoms with van der Waals surface area (Å²) < 4.78 is 0. The maximum Gasteiger partial charge on any atom is 0.269 e. The molecule has 0 aromatic heterocycles. The van der Waals surface area contributed by atoms with Crippen molar-refractivity contribution in [3.8, 4) is 0 Å². The summed E-state index contributed by atoms with van der Waals surface area (Å²) in [5.74, 6) is -0.160. The van der Waals surface area contributed by atoms with E-state index in [1.54, 1.807) is 0 Å². The highest BCUT2D eigenvalue weighted by Crippen LogP contribution is 2.15. The number of anilines is 1. The lowest BCUT2D eigenvalue weighted by Gasteiger charge is -2.24. The van der Waals surface area contributed by atoms with Crippen molar-refractivity contribution >= 4 is 17.3 Å². The average molecular weight is 278 g/mol. The van der Waals surface area contributed by atoms with Gasteiger partial charge in [0, 0.05) is 29.9 Å². The van der Waals surface area contributed by atoms with Gasteiger partial charge >= 0.3 is 0 Å². The Labute approximate surface area is 116 Å². The zero-order chi connectivity index (χ0) is 14.6. The molecule has 2 rings (SSSR count). The molecule has 108 valence electrons. The molecule has 1 fully saturated rings. The minimum absolute atomic E-state index is 0.00525. The molecule has 1 saturated heterocycles. The number of hydrogen-bond donors (Lipinski definition) is 3. The van der Waals surface area contributed by atoms with E-state index in [1.807, 2.05) is 0 Å². The fourth-order valence-corrected chi connectivity index (χ4v) is 2.13. The van der Waals surface area contributed by atoms with E-state index in [1.165, 1.54) is 24.3 Å². The van der Waals surface area contributed by atoms with Gasteiger partial charge in [-0.15, -0.1) is 0 Å². The van der Waals surface area contributed by atoms with Crippen molar-refractivity contribution in [2.45, 2.75) is 18.9 Å². The van der Waals surface area contributed by atoms with Crippen molar-refractivity contribution in [3.63, 3.8) is 0 Å². The molecule has 7 heteroatoms.